The normalized spacial score (nSPS) is 17.3. The van der Waals surface area contributed by atoms with Crippen LogP contribution in [0.25, 0.3) is 0 Å². The Bertz CT molecular complexity index is 3280. The zero-order valence-corrected chi connectivity index (χ0v) is 50.3. The van der Waals surface area contributed by atoms with Gasteiger partial charge in [-0.15, -0.1) is 24.8 Å². The van der Waals surface area contributed by atoms with Gasteiger partial charge in [0.25, 0.3) is 0 Å². The van der Waals surface area contributed by atoms with Crippen LogP contribution in [0.1, 0.15) is 67.4 Å². The van der Waals surface area contributed by atoms with Gasteiger partial charge in [-0.1, -0.05) is 48.5 Å². The van der Waals surface area contributed by atoms with Crippen LogP contribution in [0.15, 0.2) is 72.8 Å². The largest absolute Gasteiger partial charge is 0.496 e. The Balaban J connectivity index is 0.000000298. The average molecular weight is 1300 g/mol. The molecule has 4 heterocycles. The predicted molar refractivity (Wildman–Crippen MR) is 313 cm³/mol. The molecule has 12 N–H and O–H groups in total. The lowest BCUT2D eigenvalue weighted by Gasteiger charge is -2.21. The van der Waals surface area contributed by atoms with Gasteiger partial charge in [0.2, 0.25) is 43.2 Å². The number of benzene rings is 4. The van der Waals surface area contributed by atoms with Gasteiger partial charge in [-0.2, -0.15) is 14.2 Å². The Morgan fingerprint density at radius 3 is 1.14 bits per heavy atom. The number of fused-ring (bicyclic) bond motifs is 4. The van der Waals surface area contributed by atoms with Gasteiger partial charge in [0.15, 0.2) is 20.2 Å². The highest BCUT2D eigenvalue weighted by Crippen LogP contribution is 2.31. The molecule has 85 heavy (non-hydrogen) atoms. The lowest BCUT2D eigenvalue weighted by atomic mass is 9.78. The van der Waals surface area contributed by atoms with Crippen LogP contribution < -0.4 is 71.7 Å². The number of nitrogens with zero attached hydrogens (tertiary/aromatic N) is 2. The van der Waals surface area contributed by atoms with Crippen molar-refractivity contribution >= 4 is 111 Å². The van der Waals surface area contributed by atoms with E-state index in [1.165, 1.54) is 6.07 Å². The van der Waals surface area contributed by atoms with E-state index >= 15 is 0 Å². The van der Waals surface area contributed by atoms with Crippen LogP contribution in [0.5, 0.6) is 23.0 Å². The summed E-state index contributed by atoms with van der Waals surface area (Å²) in [6.07, 6.45) is -0.135. The quantitative estimate of drug-likeness (QED) is 0.0168. The van der Waals surface area contributed by atoms with Crippen molar-refractivity contribution < 1.29 is 102 Å². The number of alkyl carbamates (subject to hydrolysis) is 1. The Kier molecular flexibility index (Phi) is 28.0. The minimum absolute atomic E-state index is 0. The molecule has 0 aliphatic carbocycles. The maximum atomic E-state index is 11.8. The number of nitrogens with one attached hydrogen (secondary N) is 4. The summed E-state index contributed by atoms with van der Waals surface area (Å²) in [5.41, 5.74) is 14.2. The molecule has 0 bridgehead atoms. The number of amides is 1. The SMILES string of the molecule is CC(C)(C)OC(=O)NCC1OB(O)c2c(OCNS(C)(=O)=O)cccc21.CS(=O)(=O)NCOc1cccc2c1B(O)OC2CN.CS(=O)(=O)NCOc1cccc2c1B(O)OC2C[N+](=O)[O-].Cl.Cl.NCOc1cccc2c1B(O)OC2C[N+](=O)[O-]. The predicted octanol–water partition coefficient (Wildman–Crippen LogP) is -3.39. The van der Waals surface area contributed by atoms with Crippen LogP contribution in [0.4, 0.5) is 4.79 Å². The molecular formula is C44H64B4Cl2N8O24S3. The molecule has 1 amide bonds. The first-order valence-corrected chi connectivity index (χ1v) is 30.3. The molecule has 0 saturated carbocycles. The fourth-order valence-corrected chi connectivity index (χ4v) is 9.05. The molecule has 4 aromatic rings. The molecule has 32 nitrogen and oxygen atoms in total. The van der Waals surface area contributed by atoms with Crippen molar-refractivity contribution in [3.05, 3.63) is 115 Å². The van der Waals surface area contributed by atoms with Crippen molar-refractivity contribution in [3.63, 3.8) is 0 Å². The summed E-state index contributed by atoms with van der Waals surface area (Å²) < 4.78 is 120. The summed E-state index contributed by atoms with van der Waals surface area (Å²) in [6.45, 7) is 3.90. The second kappa shape index (κ2) is 32.3. The maximum Gasteiger partial charge on any atom is 0.496 e. The highest BCUT2D eigenvalue weighted by Gasteiger charge is 2.42. The summed E-state index contributed by atoms with van der Waals surface area (Å²) >= 11 is 0. The van der Waals surface area contributed by atoms with E-state index < -0.39 is 111 Å². The molecule has 4 aliphatic heterocycles. The molecular weight excluding hydrogens is 1230 g/mol. The third kappa shape index (κ3) is 22.5. The van der Waals surface area contributed by atoms with E-state index in [1.807, 2.05) is 0 Å². The molecule has 4 aliphatic rings. The Hall–Kier alpha value is -5.68. The zero-order chi connectivity index (χ0) is 61.6. The van der Waals surface area contributed by atoms with E-state index in [1.54, 1.807) is 87.5 Å². The Morgan fingerprint density at radius 2 is 0.847 bits per heavy atom. The monoisotopic (exact) mass is 1300 g/mol. The number of halogens is 2. The van der Waals surface area contributed by atoms with Crippen LogP contribution >= 0.6 is 24.8 Å². The zero-order valence-electron chi connectivity index (χ0n) is 46.2. The van der Waals surface area contributed by atoms with Crippen LogP contribution in [-0.4, -0.2) is 167 Å². The second-order valence-corrected chi connectivity index (χ2v) is 24.5. The van der Waals surface area contributed by atoms with E-state index in [4.69, 9.17) is 53.8 Å². The van der Waals surface area contributed by atoms with E-state index in [2.05, 4.69) is 19.5 Å². The smallest absolute Gasteiger partial charge is 0.479 e. The lowest BCUT2D eigenvalue weighted by molar-refractivity contribution is -0.490. The number of ether oxygens (including phenoxy) is 5. The number of rotatable bonds is 21. The van der Waals surface area contributed by atoms with Gasteiger partial charge >= 0.3 is 34.6 Å². The van der Waals surface area contributed by atoms with E-state index in [0.717, 1.165) is 24.3 Å². The Labute approximate surface area is 503 Å². The number of carbonyl (C=O) groups excluding carboxylic acids is 1. The first kappa shape index (κ1) is 73.6. The van der Waals surface area contributed by atoms with Gasteiger partial charge in [0.1, 0.15) is 47.5 Å². The average Bonchev–Trinajstić information content (AvgIpc) is 2.39. The third-order valence-corrected chi connectivity index (χ3v) is 13.4. The lowest BCUT2D eigenvalue weighted by Crippen LogP contribution is -2.35. The molecule has 468 valence electrons. The first-order valence-electron chi connectivity index (χ1n) is 24.6. The van der Waals surface area contributed by atoms with Gasteiger partial charge in [-0.25, -0.2) is 30.0 Å². The van der Waals surface area contributed by atoms with Crippen molar-refractivity contribution in [2.75, 3.05) is 71.9 Å². The van der Waals surface area contributed by atoms with Crippen LogP contribution in [-0.2, 0) is 53.4 Å². The first-order chi connectivity index (χ1) is 38.8. The van der Waals surface area contributed by atoms with Gasteiger partial charge in [0.05, 0.1) is 31.0 Å². The minimum Gasteiger partial charge on any atom is -0.479 e. The molecule has 4 aromatic carbocycles. The molecule has 0 spiro atoms. The van der Waals surface area contributed by atoms with Crippen molar-refractivity contribution in [2.45, 2.75) is 50.8 Å². The second-order valence-electron chi connectivity index (χ2n) is 19.0. The summed E-state index contributed by atoms with van der Waals surface area (Å²) in [6, 6.07) is 19.9. The number of hydrogen-bond acceptors (Lipinski definition) is 26. The molecule has 0 radical (unpaired) electrons. The summed E-state index contributed by atoms with van der Waals surface area (Å²) in [4.78, 5) is 31.8. The fourth-order valence-electron chi connectivity index (χ4n) is 8.23. The highest BCUT2D eigenvalue weighted by atomic mass is 35.5. The molecule has 41 heteroatoms. The topological polar surface area (TPSA) is 470 Å². The highest BCUT2D eigenvalue weighted by molar-refractivity contribution is 7.89. The number of nitrogens with two attached hydrogens (primary N) is 2. The van der Waals surface area contributed by atoms with E-state index in [9.17, 15) is 70.4 Å². The molecule has 0 fully saturated rings. The van der Waals surface area contributed by atoms with Crippen LogP contribution in [0.3, 0.4) is 0 Å². The van der Waals surface area contributed by atoms with Crippen LogP contribution in [0.2, 0.25) is 0 Å². The Morgan fingerprint density at radius 1 is 0.553 bits per heavy atom. The van der Waals surface area contributed by atoms with Crippen molar-refractivity contribution in [2.24, 2.45) is 11.5 Å². The van der Waals surface area contributed by atoms with E-state index in [-0.39, 0.29) is 82.1 Å². The summed E-state index contributed by atoms with van der Waals surface area (Å²) in [5, 5.41) is 63.2. The van der Waals surface area contributed by atoms with Crippen molar-refractivity contribution in [3.8, 4) is 23.0 Å². The molecule has 8 rings (SSSR count). The molecule has 0 aromatic heterocycles. The number of sulfonamides is 3. The standard InChI is InChI=1S/C15H23BN2O7S.C10H13BN2O7S.C10H15BN2O5S.C9H11BN2O5.2ClH/c1-15(2,3)24-14(19)17-8-12-10-6-5-7-11(13(10)16(20)25-12)23-9-18-26(4,21)22;1-21(17,18)12-6-19-8-4-2-3-7-9(5-13(15)16)20-11(14)10(7)8;1-19(15,16)13-6-17-8-4-2-3-7-9(5-12)18-11(14)10(7)8;11-5-16-7-3-1-2-6-8(4-12(14)15)17-10(13)9(6)7;;/h5-7,12,18,20H,8-9H2,1-4H3,(H,17,19);2-4,9,12,14H,5-6H2,1H3;2-4,9,13-14H,5-6,12H2,1H3;1-3,8,13H,4-5,11H2;2*1H. The van der Waals surface area contributed by atoms with Crippen LogP contribution in [0, 0.1) is 20.2 Å². The van der Waals surface area contributed by atoms with Gasteiger partial charge in [-0.3, -0.25) is 26.0 Å². The summed E-state index contributed by atoms with van der Waals surface area (Å²) in [5.74, 6) is 1.27. The van der Waals surface area contributed by atoms with Gasteiger partial charge < -0.3 is 73.4 Å². The third-order valence-electron chi connectivity index (χ3n) is 11.5. The molecule has 0 saturated heterocycles. The minimum atomic E-state index is -3.41. The van der Waals surface area contributed by atoms with E-state index in [0.29, 0.717) is 50.3 Å². The summed E-state index contributed by atoms with van der Waals surface area (Å²) in [7, 11) is -15.0. The number of carbonyl (C=O) groups is 1. The van der Waals surface area contributed by atoms with Gasteiger partial charge in [0, 0.05) is 44.8 Å². The maximum absolute atomic E-state index is 11.8. The molecule has 4 unspecified atom stereocenters. The number of hydrogen-bond donors (Lipinski definition) is 10. The van der Waals surface area contributed by atoms with Crippen molar-refractivity contribution in [1.29, 1.82) is 0 Å². The van der Waals surface area contributed by atoms with Crippen molar-refractivity contribution in [1.82, 2.24) is 19.5 Å². The fraction of sp³-hybridized carbons (Fsp3) is 0.432. The van der Waals surface area contributed by atoms with Gasteiger partial charge in [-0.05, 0) is 67.3 Å². The molecule has 4 atom stereocenters. The number of nitro groups is 2.